The van der Waals surface area contributed by atoms with Crippen molar-refractivity contribution in [3.8, 4) is 11.3 Å². The molecule has 0 atom stereocenters. The summed E-state index contributed by atoms with van der Waals surface area (Å²) in [5.41, 5.74) is 4.21. The van der Waals surface area contributed by atoms with Gasteiger partial charge in [-0.3, -0.25) is 0 Å². The fourth-order valence-electron chi connectivity index (χ4n) is 5.73. The fraction of sp³-hybridized carbons (Fsp3) is 0.344. The van der Waals surface area contributed by atoms with E-state index < -0.39 is 23.5 Å². The minimum atomic E-state index is -4.22. The number of hydrogen-bond acceptors (Lipinski definition) is 2. The Morgan fingerprint density at radius 3 is 2.03 bits per heavy atom. The summed E-state index contributed by atoms with van der Waals surface area (Å²) in [6.07, 6.45) is -3.51. The minimum Gasteiger partial charge on any atom is -0.478 e. The van der Waals surface area contributed by atoms with E-state index in [0.717, 1.165) is 27.8 Å². The van der Waals surface area contributed by atoms with Crippen molar-refractivity contribution in [2.75, 3.05) is 0 Å². The molecule has 1 heterocycles. The third-order valence-corrected chi connectivity index (χ3v) is 8.09. The molecule has 0 spiro atoms. The van der Waals surface area contributed by atoms with Gasteiger partial charge in [0.2, 0.25) is 0 Å². The summed E-state index contributed by atoms with van der Waals surface area (Å²) in [6, 6.07) is 22.7. The third-order valence-electron chi connectivity index (χ3n) is 8.09. The van der Waals surface area contributed by atoms with E-state index in [1.807, 2.05) is 36.4 Å². The van der Waals surface area contributed by atoms with E-state index in [2.05, 4.69) is 32.9 Å². The van der Waals surface area contributed by atoms with E-state index in [9.17, 15) is 23.1 Å². The Morgan fingerprint density at radius 1 is 0.868 bits per heavy atom. The van der Waals surface area contributed by atoms with Gasteiger partial charge in [-0.25, -0.2) is 4.79 Å². The number of rotatable bonds is 4. The Balaban J connectivity index is 1.54. The van der Waals surface area contributed by atoms with Crippen molar-refractivity contribution < 1.29 is 27.5 Å². The first kappa shape index (κ1) is 26.1. The number of furan rings is 1. The molecule has 5 rings (SSSR count). The molecule has 0 radical (unpaired) electrons. The van der Waals surface area contributed by atoms with Gasteiger partial charge in [0.25, 0.3) is 0 Å². The third kappa shape index (κ3) is 4.84. The van der Waals surface area contributed by atoms with Gasteiger partial charge >= 0.3 is 12.1 Å². The topological polar surface area (TPSA) is 50.4 Å². The molecule has 4 aromatic rings. The maximum atomic E-state index is 13.5. The van der Waals surface area contributed by atoms with Crippen LogP contribution in [0.2, 0.25) is 0 Å². The van der Waals surface area contributed by atoms with Crippen LogP contribution >= 0.6 is 0 Å². The lowest BCUT2D eigenvalue weighted by molar-refractivity contribution is -0.184. The van der Waals surface area contributed by atoms with Crippen molar-refractivity contribution in [1.29, 1.82) is 0 Å². The lowest BCUT2D eigenvalue weighted by atomic mass is 9.63. The number of carboxylic acids is 1. The number of carbonyl (C=O) groups is 1. The molecular formula is C32H31F3O3. The van der Waals surface area contributed by atoms with Crippen LogP contribution in [0.1, 0.15) is 73.5 Å². The zero-order valence-electron chi connectivity index (χ0n) is 21.7. The Morgan fingerprint density at radius 2 is 1.47 bits per heavy atom. The van der Waals surface area contributed by atoms with Gasteiger partial charge < -0.3 is 9.52 Å². The Labute approximate surface area is 220 Å². The molecule has 1 fully saturated rings. The molecule has 0 aliphatic heterocycles. The number of hydrogen-bond donors (Lipinski definition) is 1. The van der Waals surface area contributed by atoms with Crippen molar-refractivity contribution in [3.63, 3.8) is 0 Å². The lowest BCUT2D eigenvalue weighted by Gasteiger charge is -2.42. The number of benzene rings is 3. The monoisotopic (exact) mass is 520 g/mol. The highest BCUT2D eigenvalue weighted by molar-refractivity contribution is 5.87. The summed E-state index contributed by atoms with van der Waals surface area (Å²) in [5.74, 6) is -1.62. The second-order valence-corrected chi connectivity index (χ2v) is 11.5. The Hall–Kier alpha value is -3.54. The van der Waals surface area contributed by atoms with Crippen molar-refractivity contribution in [2.24, 2.45) is 5.92 Å². The smallest absolute Gasteiger partial charge is 0.391 e. The second kappa shape index (κ2) is 9.33. The Bertz CT molecular complexity index is 1450. The molecule has 1 aromatic heterocycles. The van der Waals surface area contributed by atoms with Crippen LogP contribution in [0.4, 0.5) is 13.2 Å². The zero-order valence-corrected chi connectivity index (χ0v) is 21.7. The van der Waals surface area contributed by atoms with E-state index in [4.69, 9.17) is 4.42 Å². The van der Waals surface area contributed by atoms with Crippen molar-refractivity contribution in [2.45, 2.75) is 63.5 Å². The van der Waals surface area contributed by atoms with Gasteiger partial charge in [-0.15, -0.1) is 0 Å². The number of alkyl halides is 3. The van der Waals surface area contributed by atoms with Crippen molar-refractivity contribution in [3.05, 3.63) is 95.1 Å². The zero-order chi connectivity index (χ0) is 27.3. The highest BCUT2D eigenvalue weighted by atomic mass is 19.4. The summed E-state index contributed by atoms with van der Waals surface area (Å²) in [5, 5.41) is 10.2. The van der Waals surface area contributed by atoms with Crippen LogP contribution < -0.4 is 0 Å². The molecule has 0 amide bonds. The van der Waals surface area contributed by atoms with Gasteiger partial charge in [0, 0.05) is 16.4 Å². The van der Waals surface area contributed by atoms with Gasteiger partial charge in [-0.2, -0.15) is 13.2 Å². The molecule has 0 saturated heterocycles. The molecule has 1 saturated carbocycles. The maximum absolute atomic E-state index is 13.5. The molecular weight excluding hydrogens is 489 g/mol. The van der Waals surface area contributed by atoms with Crippen LogP contribution in [0.25, 0.3) is 22.3 Å². The largest absolute Gasteiger partial charge is 0.478 e. The normalized spacial score (nSPS) is 20.5. The predicted molar refractivity (Wildman–Crippen MR) is 143 cm³/mol. The number of fused-ring (bicyclic) bond motifs is 1. The fourth-order valence-corrected chi connectivity index (χ4v) is 5.73. The van der Waals surface area contributed by atoms with Crippen LogP contribution in [-0.4, -0.2) is 17.3 Å². The van der Waals surface area contributed by atoms with E-state index in [1.54, 1.807) is 12.1 Å². The van der Waals surface area contributed by atoms with E-state index in [1.165, 1.54) is 17.7 Å². The van der Waals surface area contributed by atoms with E-state index >= 15 is 0 Å². The highest BCUT2D eigenvalue weighted by Crippen LogP contribution is 2.50. The van der Waals surface area contributed by atoms with Crippen molar-refractivity contribution in [1.82, 2.24) is 0 Å². The first-order valence-electron chi connectivity index (χ1n) is 12.9. The molecule has 1 aliphatic rings. The van der Waals surface area contributed by atoms with Crippen LogP contribution in [0.3, 0.4) is 0 Å². The van der Waals surface area contributed by atoms with E-state index in [0.29, 0.717) is 18.4 Å². The first-order valence-corrected chi connectivity index (χ1v) is 12.9. The second-order valence-electron chi connectivity index (χ2n) is 11.5. The van der Waals surface area contributed by atoms with Gasteiger partial charge in [0.05, 0.1) is 11.5 Å². The van der Waals surface area contributed by atoms with E-state index in [-0.39, 0.29) is 23.8 Å². The van der Waals surface area contributed by atoms with Gasteiger partial charge in [-0.1, -0.05) is 63.2 Å². The minimum absolute atomic E-state index is 0.0268. The van der Waals surface area contributed by atoms with Crippen LogP contribution in [0, 0.1) is 5.92 Å². The molecule has 1 aliphatic carbocycles. The molecule has 3 aromatic carbocycles. The van der Waals surface area contributed by atoms with Crippen LogP contribution in [-0.2, 0) is 10.8 Å². The first-order chi connectivity index (χ1) is 17.9. The summed E-state index contributed by atoms with van der Waals surface area (Å²) in [6.45, 7) is 6.49. The van der Waals surface area contributed by atoms with Gasteiger partial charge in [0.1, 0.15) is 11.3 Å². The molecule has 0 bridgehead atoms. The number of carboxylic acid groups (broad SMARTS) is 1. The highest BCUT2D eigenvalue weighted by Gasteiger charge is 2.47. The molecule has 38 heavy (non-hydrogen) atoms. The molecule has 1 N–H and O–H groups in total. The van der Waals surface area contributed by atoms with Gasteiger partial charge in [-0.05, 0) is 78.1 Å². The van der Waals surface area contributed by atoms with Gasteiger partial charge in [0.15, 0.2) is 0 Å². The van der Waals surface area contributed by atoms with Crippen LogP contribution in [0.5, 0.6) is 0 Å². The molecule has 6 heteroatoms. The summed E-state index contributed by atoms with van der Waals surface area (Å²) < 4.78 is 46.7. The summed E-state index contributed by atoms with van der Waals surface area (Å²) in [4.78, 5) is 11.4. The standard InChI is InChI=1S/C32H31F3O3/c1-30(2,3)23-8-4-20(5-9-23)28-19-22-18-26(12-13-27(22)38-28)31(16-14-25(15-17-31)32(33,34)35)24-10-6-21(7-11-24)29(36)37/h4-13,18-19,25H,14-17H2,1-3H3,(H,36,37). The predicted octanol–water partition coefficient (Wildman–Crippen LogP) is 9.13. The van der Waals surface area contributed by atoms with Crippen LogP contribution in [0.15, 0.2) is 77.2 Å². The quantitative estimate of drug-likeness (QED) is 0.292. The Kier molecular flexibility index (Phi) is 6.41. The average Bonchev–Trinajstić information content (AvgIpc) is 3.31. The number of aromatic carboxylic acids is 1. The lowest BCUT2D eigenvalue weighted by Crippen LogP contribution is -2.37. The molecule has 198 valence electrons. The summed E-state index contributed by atoms with van der Waals surface area (Å²) >= 11 is 0. The SMILES string of the molecule is CC(C)(C)c1ccc(-c2cc3cc(C4(c5ccc(C(=O)O)cc5)CCC(C(F)(F)F)CC4)ccc3o2)cc1. The summed E-state index contributed by atoms with van der Waals surface area (Å²) in [7, 11) is 0. The molecule has 0 unspecified atom stereocenters. The van der Waals surface area contributed by atoms with Crippen molar-refractivity contribution >= 4 is 16.9 Å². The maximum Gasteiger partial charge on any atom is 0.391 e. The number of halogens is 3. The average molecular weight is 521 g/mol. The molecule has 3 nitrogen and oxygen atoms in total.